The van der Waals surface area contributed by atoms with Crippen molar-refractivity contribution in [2.75, 3.05) is 0 Å². The van der Waals surface area contributed by atoms with Crippen molar-refractivity contribution < 1.29 is 9.09 Å². The van der Waals surface area contributed by atoms with Crippen molar-refractivity contribution in [2.45, 2.75) is 20.0 Å². The molecule has 1 aromatic carbocycles. The molecule has 0 bridgehead atoms. The average Bonchev–Trinajstić information content (AvgIpc) is 2.15. The molecule has 0 fully saturated rings. The van der Waals surface area contributed by atoms with E-state index in [9.17, 15) is 4.57 Å². The number of hydrogen-bond acceptors (Lipinski definition) is 2. The van der Waals surface area contributed by atoms with Gasteiger partial charge in [0, 0.05) is 0 Å². The van der Waals surface area contributed by atoms with E-state index >= 15 is 0 Å². The minimum atomic E-state index is -0.256. The monoisotopic (exact) mass is 182 g/mol. The second-order valence-electron chi connectivity index (χ2n) is 2.52. The van der Waals surface area contributed by atoms with Gasteiger partial charge in [0.2, 0.25) is 0 Å². The summed E-state index contributed by atoms with van der Waals surface area (Å²) in [6, 6.07) is 8.09. The summed E-state index contributed by atoms with van der Waals surface area (Å²) in [5.74, 6) is 0. The third-order valence-electron chi connectivity index (χ3n) is 1.72. The predicted molar refractivity (Wildman–Crippen MR) is 48.2 cm³/mol. The van der Waals surface area contributed by atoms with Crippen LogP contribution in [-0.4, -0.2) is 0 Å². The van der Waals surface area contributed by atoms with Gasteiger partial charge in [-0.15, -0.1) is 0 Å². The minimum absolute atomic E-state index is 0.256. The normalized spacial score (nSPS) is 10.4. The maximum absolute atomic E-state index is 9.98. The first-order chi connectivity index (χ1) is 5.86. The molecule has 1 aromatic rings. The summed E-state index contributed by atoms with van der Waals surface area (Å²) in [4.78, 5) is 0. The standard InChI is InChI=1S/C9H11O2P/c1-2-8-3-5-9(6-4-8)7-11-12-10/h3-6H,2,7H2,1H3. The second-order valence-corrected chi connectivity index (χ2v) is 2.93. The topological polar surface area (TPSA) is 26.3 Å². The first-order valence-corrected chi connectivity index (χ1v) is 4.62. The van der Waals surface area contributed by atoms with Crippen LogP contribution in [0.25, 0.3) is 0 Å². The molecule has 12 heavy (non-hydrogen) atoms. The van der Waals surface area contributed by atoms with Crippen molar-refractivity contribution in [2.24, 2.45) is 0 Å². The summed E-state index contributed by atoms with van der Waals surface area (Å²) in [5, 5.41) is 0. The summed E-state index contributed by atoms with van der Waals surface area (Å²) in [6.07, 6.45) is 1.04. The molecule has 0 saturated heterocycles. The van der Waals surface area contributed by atoms with E-state index < -0.39 is 0 Å². The van der Waals surface area contributed by atoms with Crippen molar-refractivity contribution >= 4 is 8.69 Å². The molecule has 0 aliphatic carbocycles. The number of rotatable bonds is 4. The Bertz CT molecular complexity index is 243. The first-order valence-electron chi connectivity index (χ1n) is 3.89. The molecule has 0 radical (unpaired) electrons. The van der Waals surface area contributed by atoms with E-state index in [2.05, 4.69) is 19.1 Å². The Kier molecular flexibility index (Phi) is 3.92. The highest BCUT2D eigenvalue weighted by atomic mass is 31.1. The molecule has 2 nitrogen and oxygen atoms in total. The molecule has 64 valence electrons. The van der Waals surface area contributed by atoms with E-state index in [1.807, 2.05) is 12.1 Å². The third kappa shape index (κ3) is 2.72. The van der Waals surface area contributed by atoms with E-state index in [0.717, 1.165) is 12.0 Å². The van der Waals surface area contributed by atoms with Gasteiger partial charge in [0.25, 0.3) is 0 Å². The van der Waals surface area contributed by atoms with Crippen molar-refractivity contribution in [3.63, 3.8) is 0 Å². The molecule has 0 atom stereocenters. The molecule has 0 aliphatic heterocycles. The fraction of sp³-hybridized carbons (Fsp3) is 0.333. The van der Waals surface area contributed by atoms with Crippen molar-refractivity contribution in [3.8, 4) is 0 Å². The largest absolute Gasteiger partial charge is 0.327 e. The first kappa shape index (κ1) is 9.37. The summed E-state index contributed by atoms with van der Waals surface area (Å²) in [7, 11) is -0.256. The Balaban J connectivity index is 2.58. The van der Waals surface area contributed by atoms with Crippen LogP contribution < -0.4 is 0 Å². The zero-order valence-electron chi connectivity index (χ0n) is 6.99. The van der Waals surface area contributed by atoms with Crippen molar-refractivity contribution in [1.29, 1.82) is 0 Å². The zero-order chi connectivity index (χ0) is 8.81. The molecule has 1 rings (SSSR count). The highest BCUT2D eigenvalue weighted by Gasteiger charge is 1.92. The van der Waals surface area contributed by atoms with Gasteiger partial charge in [-0.25, -0.2) is 4.57 Å². The lowest BCUT2D eigenvalue weighted by molar-refractivity contribution is 0.332. The number of aryl methyl sites for hydroxylation is 1. The molecular formula is C9H11O2P. The van der Waals surface area contributed by atoms with Gasteiger partial charge in [0.1, 0.15) is 0 Å². The summed E-state index contributed by atoms with van der Waals surface area (Å²) in [5.41, 5.74) is 2.36. The second kappa shape index (κ2) is 5.02. The maximum atomic E-state index is 9.98. The molecule has 0 spiro atoms. The molecular weight excluding hydrogens is 171 g/mol. The van der Waals surface area contributed by atoms with Crippen molar-refractivity contribution in [3.05, 3.63) is 35.4 Å². The summed E-state index contributed by atoms with van der Waals surface area (Å²) in [6.45, 7) is 2.52. The summed E-state index contributed by atoms with van der Waals surface area (Å²) >= 11 is 0. The Morgan fingerprint density at radius 1 is 1.25 bits per heavy atom. The van der Waals surface area contributed by atoms with Gasteiger partial charge >= 0.3 is 8.69 Å². The molecule has 0 N–H and O–H groups in total. The molecule has 0 amide bonds. The van der Waals surface area contributed by atoms with Crippen LogP contribution >= 0.6 is 8.69 Å². The Morgan fingerprint density at radius 2 is 1.83 bits per heavy atom. The molecule has 0 aliphatic rings. The Hall–Kier alpha value is -0.720. The van der Waals surface area contributed by atoms with Crippen LogP contribution in [-0.2, 0) is 22.1 Å². The molecule has 0 unspecified atom stereocenters. The fourth-order valence-corrected chi connectivity index (χ4v) is 1.17. The highest BCUT2D eigenvalue weighted by Crippen LogP contribution is 2.08. The Morgan fingerprint density at radius 3 is 2.33 bits per heavy atom. The van der Waals surface area contributed by atoms with E-state index in [0.29, 0.717) is 6.61 Å². The number of benzene rings is 1. The average molecular weight is 182 g/mol. The van der Waals surface area contributed by atoms with Gasteiger partial charge in [-0.05, 0) is 17.5 Å². The van der Waals surface area contributed by atoms with Gasteiger partial charge in [-0.2, -0.15) is 0 Å². The van der Waals surface area contributed by atoms with Crippen LogP contribution in [0.3, 0.4) is 0 Å². The van der Waals surface area contributed by atoms with E-state index in [1.165, 1.54) is 5.56 Å². The van der Waals surface area contributed by atoms with Crippen LogP contribution in [0.4, 0.5) is 0 Å². The number of hydrogen-bond donors (Lipinski definition) is 0. The predicted octanol–water partition coefficient (Wildman–Crippen LogP) is 2.97. The van der Waals surface area contributed by atoms with Gasteiger partial charge in [0.05, 0.1) is 6.61 Å². The van der Waals surface area contributed by atoms with Gasteiger partial charge in [-0.1, -0.05) is 31.2 Å². The fourth-order valence-electron chi connectivity index (χ4n) is 0.972. The lowest BCUT2D eigenvalue weighted by Crippen LogP contribution is -1.85. The lowest BCUT2D eigenvalue weighted by Gasteiger charge is -1.99. The van der Waals surface area contributed by atoms with Gasteiger partial charge in [0.15, 0.2) is 0 Å². The molecule has 0 saturated carbocycles. The van der Waals surface area contributed by atoms with E-state index in [-0.39, 0.29) is 8.69 Å². The quantitative estimate of drug-likeness (QED) is 0.669. The van der Waals surface area contributed by atoms with E-state index in [1.54, 1.807) is 0 Å². The van der Waals surface area contributed by atoms with Crippen LogP contribution in [0.5, 0.6) is 0 Å². The van der Waals surface area contributed by atoms with Crippen LogP contribution in [0.1, 0.15) is 18.1 Å². The lowest BCUT2D eigenvalue weighted by atomic mass is 10.1. The summed E-state index contributed by atoms with van der Waals surface area (Å²) < 4.78 is 14.7. The maximum Gasteiger partial charge on any atom is 0.327 e. The van der Waals surface area contributed by atoms with Gasteiger partial charge < -0.3 is 0 Å². The Labute approximate surface area is 73.8 Å². The van der Waals surface area contributed by atoms with Crippen LogP contribution in [0.15, 0.2) is 24.3 Å². The third-order valence-corrected chi connectivity index (χ3v) is 1.95. The van der Waals surface area contributed by atoms with E-state index in [4.69, 9.17) is 4.52 Å². The van der Waals surface area contributed by atoms with Gasteiger partial charge in [-0.3, -0.25) is 4.52 Å². The van der Waals surface area contributed by atoms with Crippen molar-refractivity contribution in [1.82, 2.24) is 0 Å². The SMILES string of the molecule is CCc1ccc(COP=O)cc1. The molecule has 3 heteroatoms. The molecule has 0 heterocycles. The highest BCUT2D eigenvalue weighted by molar-refractivity contribution is 7.17. The van der Waals surface area contributed by atoms with Crippen LogP contribution in [0, 0.1) is 0 Å². The molecule has 0 aromatic heterocycles. The zero-order valence-corrected chi connectivity index (χ0v) is 7.88. The van der Waals surface area contributed by atoms with Crippen LogP contribution in [0.2, 0.25) is 0 Å². The minimum Gasteiger partial charge on any atom is -0.290 e. The smallest absolute Gasteiger partial charge is 0.290 e.